The first kappa shape index (κ1) is 24.6. The Kier molecular flexibility index (Phi) is 8.36. The van der Waals surface area contributed by atoms with Crippen LogP contribution in [0.5, 0.6) is 0 Å². The van der Waals surface area contributed by atoms with E-state index >= 15 is 0 Å². The zero-order valence-electron chi connectivity index (χ0n) is 19.3. The molecule has 1 fully saturated rings. The molecule has 0 spiro atoms. The van der Waals surface area contributed by atoms with Crippen LogP contribution < -0.4 is 5.32 Å². The minimum Gasteiger partial charge on any atom is -0.354 e. The molecule has 4 amide bonds. The molecular weight excluding hydrogens is 425 g/mol. The number of halogens is 1. The van der Waals surface area contributed by atoms with Crippen molar-refractivity contribution in [3.05, 3.63) is 47.8 Å². The van der Waals surface area contributed by atoms with Crippen molar-refractivity contribution in [3.8, 4) is 0 Å². The van der Waals surface area contributed by atoms with E-state index in [0.29, 0.717) is 24.9 Å². The third-order valence-corrected chi connectivity index (χ3v) is 6.41. The number of allylic oxidation sites excluding steroid dienone is 2. The zero-order valence-corrected chi connectivity index (χ0v) is 19.3. The predicted octanol–water partition coefficient (Wildman–Crippen LogP) is 2.80. The number of fused-ring (bicyclic) bond motifs is 1. The quantitative estimate of drug-likeness (QED) is 0.333. The molecule has 3 rings (SSSR count). The number of benzene rings is 1. The molecule has 0 saturated carbocycles. The number of amides is 4. The molecule has 178 valence electrons. The van der Waals surface area contributed by atoms with E-state index in [9.17, 15) is 23.6 Å². The average Bonchev–Trinajstić information content (AvgIpc) is 3.06. The number of hydrogen-bond donors (Lipinski definition) is 1. The molecule has 1 aliphatic heterocycles. The van der Waals surface area contributed by atoms with E-state index in [1.165, 1.54) is 21.9 Å². The van der Waals surface area contributed by atoms with E-state index in [2.05, 4.69) is 5.32 Å². The summed E-state index contributed by atoms with van der Waals surface area (Å²) in [6.07, 6.45) is 6.63. The summed E-state index contributed by atoms with van der Waals surface area (Å²) in [5.41, 5.74) is 0.684. The number of likely N-dealkylation sites (tertiary alicyclic amines) is 1. The molecule has 33 heavy (non-hydrogen) atoms. The van der Waals surface area contributed by atoms with Crippen LogP contribution in [0, 0.1) is 17.7 Å². The lowest BCUT2D eigenvalue weighted by atomic mass is 9.85. The van der Waals surface area contributed by atoms with Gasteiger partial charge >= 0.3 is 0 Å². The fourth-order valence-corrected chi connectivity index (χ4v) is 4.35. The molecule has 1 aromatic rings. The van der Waals surface area contributed by atoms with E-state index < -0.39 is 6.04 Å². The summed E-state index contributed by atoms with van der Waals surface area (Å²) in [6, 6.07) is 5.00. The van der Waals surface area contributed by atoms with E-state index in [1.807, 2.05) is 19.1 Å². The fraction of sp³-hybridized carbons (Fsp3) is 0.520. The molecule has 1 aromatic carbocycles. The number of hydrogen-bond acceptors (Lipinski definition) is 4. The maximum absolute atomic E-state index is 13.3. The molecule has 1 N–H and O–H groups in total. The molecule has 8 heteroatoms. The Labute approximate surface area is 194 Å². The number of nitrogens with one attached hydrogen (secondary N) is 1. The summed E-state index contributed by atoms with van der Waals surface area (Å²) < 4.78 is 13.3. The van der Waals surface area contributed by atoms with Crippen molar-refractivity contribution in [1.29, 1.82) is 0 Å². The van der Waals surface area contributed by atoms with Gasteiger partial charge in [-0.05, 0) is 43.9 Å². The third-order valence-electron chi connectivity index (χ3n) is 6.41. The first-order valence-electron chi connectivity index (χ1n) is 11.6. The van der Waals surface area contributed by atoms with Crippen LogP contribution in [0.15, 0.2) is 36.4 Å². The molecule has 0 bridgehead atoms. The monoisotopic (exact) mass is 457 g/mol. The molecule has 0 radical (unpaired) electrons. The van der Waals surface area contributed by atoms with Crippen molar-refractivity contribution in [1.82, 2.24) is 15.1 Å². The second-order valence-electron chi connectivity index (χ2n) is 8.70. The van der Waals surface area contributed by atoms with Crippen LogP contribution in [-0.4, -0.2) is 52.6 Å². The third kappa shape index (κ3) is 5.86. The molecule has 1 heterocycles. The highest BCUT2D eigenvalue weighted by Gasteiger charge is 2.47. The molecule has 3 atom stereocenters. The number of carbonyl (C=O) groups is 4. The number of carbonyl (C=O) groups excluding carboxylic acids is 4. The first-order chi connectivity index (χ1) is 15.8. The first-order valence-corrected chi connectivity index (χ1v) is 11.6. The molecule has 0 aromatic heterocycles. The van der Waals surface area contributed by atoms with Gasteiger partial charge in [-0.2, -0.15) is 0 Å². The second-order valence-corrected chi connectivity index (χ2v) is 8.70. The van der Waals surface area contributed by atoms with Crippen molar-refractivity contribution in [2.45, 2.75) is 58.5 Å². The summed E-state index contributed by atoms with van der Waals surface area (Å²) in [6.45, 7) is 4.31. The van der Waals surface area contributed by atoms with Gasteiger partial charge in [0.2, 0.25) is 23.6 Å². The molecule has 7 nitrogen and oxygen atoms in total. The van der Waals surface area contributed by atoms with Gasteiger partial charge in [-0.15, -0.1) is 0 Å². The normalized spacial score (nSPS) is 20.5. The number of rotatable bonds is 10. The Hall–Kier alpha value is -3.03. The van der Waals surface area contributed by atoms with E-state index in [0.717, 1.165) is 12.8 Å². The molecule has 1 aliphatic carbocycles. The Morgan fingerprint density at radius 2 is 1.73 bits per heavy atom. The van der Waals surface area contributed by atoms with Gasteiger partial charge in [0, 0.05) is 26.1 Å². The van der Waals surface area contributed by atoms with Gasteiger partial charge in [0.15, 0.2) is 0 Å². The van der Waals surface area contributed by atoms with Crippen molar-refractivity contribution in [3.63, 3.8) is 0 Å². The van der Waals surface area contributed by atoms with Gasteiger partial charge in [-0.1, -0.05) is 37.6 Å². The standard InChI is InChI=1S/C25H32FN3O4/c1-3-4-14-27-23(31)17(2)29(16-18-9-11-19(26)12-10-18)22(30)13-15-28-24(32)20-7-5-6-8-21(20)25(28)33/h5-6,9-12,17,20-21H,3-4,7-8,13-16H2,1-2H3,(H,27,31)/t17-,20-,21+/m1/s1. The average molecular weight is 458 g/mol. The lowest BCUT2D eigenvalue weighted by molar-refractivity contribution is -0.143. The van der Waals surface area contributed by atoms with Gasteiger partial charge in [0.05, 0.1) is 11.8 Å². The highest BCUT2D eigenvalue weighted by atomic mass is 19.1. The Balaban J connectivity index is 1.68. The van der Waals surface area contributed by atoms with Crippen LogP contribution in [0.4, 0.5) is 4.39 Å². The van der Waals surface area contributed by atoms with Gasteiger partial charge in [0.25, 0.3) is 0 Å². The molecule has 0 unspecified atom stereocenters. The molecular formula is C25H32FN3O4. The van der Waals surface area contributed by atoms with E-state index in [1.54, 1.807) is 19.1 Å². The van der Waals surface area contributed by atoms with Crippen molar-refractivity contribution >= 4 is 23.6 Å². The van der Waals surface area contributed by atoms with Crippen molar-refractivity contribution < 1.29 is 23.6 Å². The van der Waals surface area contributed by atoms with Crippen molar-refractivity contribution in [2.24, 2.45) is 11.8 Å². The van der Waals surface area contributed by atoms with Crippen LogP contribution in [0.2, 0.25) is 0 Å². The van der Waals surface area contributed by atoms with Gasteiger partial charge in [0.1, 0.15) is 11.9 Å². The Morgan fingerprint density at radius 1 is 1.12 bits per heavy atom. The minimum absolute atomic E-state index is 0.00636. The maximum atomic E-state index is 13.3. The maximum Gasteiger partial charge on any atom is 0.242 e. The number of unbranched alkanes of at least 4 members (excludes halogenated alkanes) is 1. The van der Waals surface area contributed by atoms with Crippen molar-refractivity contribution in [2.75, 3.05) is 13.1 Å². The second kappa shape index (κ2) is 11.2. The smallest absolute Gasteiger partial charge is 0.242 e. The van der Waals surface area contributed by atoms with Gasteiger partial charge in [-0.25, -0.2) is 4.39 Å². The van der Waals surface area contributed by atoms with Crippen LogP contribution in [0.3, 0.4) is 0 Å². The number of nitrogens with zero attached hydrogens (tertiary/aromatic N) is 2. The Morgan fingerprint density at radius 3 is 2.30 bits per heavy atom. The predicted molar refractivity (Wildman–Crippen MR) is 121 cm³/mol. The van der Waals surface area contributed by atoms with E-state index in [4.69, 9.17) is 0 Å². The highest BCUT2D eigenvalue weighted by Crippen LogP contribution is 2.35. The summed E-state index contributed by atoms with van der Waals surface area (Å²) in [4.78, 5) is 53.8. The minimum atomic E-state index is -0.754. The van der Waals surface area contributed by atoms with Crippen LogP contribution in [0.1, 0.15) is 51.5 Å². The van der Waals surface area contributed by atoms with Gasteiger partial charge in [-0.3, -0.25) is 24.1 Å². The number of imide groups is 1. The summed E-state index contributed by atoms with van der Waals surface area (Å²) in [5, 5.41) is 2.84. The topological polar surface area (TPSA) is 86.8 Å². The fourth-order valence-electron chi connectivity index (χ4n) is 4.35. The SMILES string of the molecule is CCCCNC(=O)[C@@H](C)N(Cc1ccc(F)cc1)C(=O)CCN1C(=O)[C@H]2CC=CC[C@H]2C1=O. The molecule has 1 saturated heterocycles. The highest BCUT2D eigenvalue weighted by molar-refractivity contribution is 6.05. The summed E-state index contributed by atoms with van der Waals surface area (Å²) >= 11 is 0. The zero-order chi connectivity index (χ0) is 24.0. The lowest BCUT2D eigenvalue weighted by Crippen LogP contribution is -2.48. The van der Waals surface area contributed by atoms with Crippen LogP contribution in [-0.2, 0) is 25.7 Å². The molecule has 2 aliphatic rings. The van der Waals surface area contributed by atoms with Crippen LogP contribution in [0.25, 0.3) is 0 Å². The largest absolute Gasteiger partial charge is 0.354 e. The lowest BCUT2D eigenvalue weighted by Gasteiger charge is -2.29. The summed E-state index contributed by atoms with van der Waals surface area (Å²) in [7, 11) is 0. The Bertz CT molecular complexity index is 889. The summed E-state index contributed by atoms with van der Waals surface area (Å²) in [5.74, 6) is -2.12. The van der Waals surface area contributed by atoms with Gasteiger partial charge < -0.3 is 10.2 Å². The van der Waals surface area contributed by atoms with Crippen LogP contribution >= 0.6 is 0 Å². The van der Waals surface area contributed by atoms with E-state index in [-0.39, 0.29) is 60.8 Å².